The van der Waals surface area contributed by atoms with Gasteiger partial charge in [0.15, 0.2) is 5.96 Å². The van der Waals surface area contributed by atoms with Crippen molar-refractivity contribution >= 4 is 23.9 Å². The molecule has 0 aromatic carbocycles. The summed E-state index contributed by atoms with van der Waals surface area (Å²) >= 11 is 0. The lowest BCUT2D eigenvalue weighted by Crippen LogP contribution is -2.43. The highest BCUT2D eigenvalue weighted by atomic mass is 16.5. The Morgan fingerprint density at radius 1 is 1.31 bits per heavy atom. The molecule has 3 amide bonds. The van der Waals surface area contributed by atoms with Crippen LogP contribution in [0, 0.1) is 0 Å². The average Bonchev–Trinajstić information content (AvgIpc) is 3.13. The SMILES string of the molecule is CCOc1ccc([C@H](CN2CCN(CCCC(=O)NC3=NCCCN3)C2=O)C(=O)O)cn1. The number of rotatable bonds is 10. The van der Waals surface area contributed by atoms with Crippen molar-refractivity contribution < 1.29 is 24.2 Å². The van der Waals surface area contributed by atoms with Gasteiger partial charge in [0.05, 0.1) is 6.61 Å². The number of amides is 3. The molecular weight excluding hydrogens is 416 g/mol. The summed E-state index contributed by atoms with van der Waals surface area (Å²) in [6.07, 6.45) is 3.22. The van der Waals surface area contributed by atoms with E-state index in [1.807, 2.05) is 6.92 Å². The highest BCUT2D eigenvalue weighted by molar-refractivity contribution is 5.97. The lowest BCUT2D eigenvalue weighted by Gasteiger charge is -2.22. The number of carbonyl (C=O) groups excluding carboxylic acids is 2. The predicted molar refractivity (Wildman–Crippen MR) is 117 cm³/mol. The second-order valence-corrected chi connectivity index (χ2v) is 7.63. The zero-order valence-corrected chi connectivity index (χ0v) is 18.2. The molecule has 0 bridgehead atoms. The van der Waals surface area contributed by atoms with Gasteiger partial charge in [0, 0.05) is 58.0 Å². The number of aliphatic imine (C=N–C) groups is 1. The molecule has 11 heteroatoms. The second-order valence-electron chi connectivity index (χ2n) is 7.63. The number of nitrogens with one attached hydrogen (secondary N) is 2. The van der Waals surface area contributed by atoms with Crippen LogP contribution in [0.1, 0.15) is 37.7 Å². The van der Waals surface area contributed by atoms with E-state index in [-0.39, 0.29) is 24.9 Å². The molecule has 1 fully saturated rings. The average molecular weight is 447 g/mol. The number of carboxylic acids is 1. The lowest BCUT2D eigenvalue weighted by atomic mass is 10.0. The van der Waals surface area contributed by atoms with Gasteiger partial charge in [0.2, 0.25) is 11.8 Å². The van der Waals surface area contributed by atoms with Gasteiger partial charge in [0.1, 0.15) is 5.92 Å². The van der Waals surface area contributed by atoms with E-state index < -0.39 is 11.9 Å². The minimum absolute atomic E-state index is 0.0618. The van der Waals surface area contributed by atoms with Gasteiger partial charge in [-0.25, -0.2) is 9.78 Å². The molecule has 1 aromatic rings. The molecule has 0 saturated carbocycles. The number of ether oxygens (including phenoxy) is 1. The second kappa shape index (κ2) is 11.3. The minimum atomic E-state index is -1.02. The molecule has 1 aromatic heterocycles. The van der Waals surface area contributed by atoms with Crippen LogP contribution < -0.4 is 15.4 Å². The molecule has 0 aliphatic carbocycles. The number of aliphatic carboxylic acids is 1. The van der Waals surface area contributed by atoms with Crippen molar-refractivity contribution in [3.8, 4) is 5.88 Å². The van der Waals surface area contributed by atoms with Crippen molar-refractivity contribution in [2.45, 2.75) is 32.1 Å². The molecule has 32 heavy (non-hydrogen) atoms. The molecule has 0 unspecified atom stereocenters. The van der Waals surface area contributed by atoms with E-state index in [0.29, 0.717) is 56.6 Å². The van der Waals surface area contributed by atoms with Gasteiger partial charge in [-0.05, 0) is 25.3 Å². The smallest absolute Gasteiger partial charge is 0.320 e. The number of carbonyl (C=O) groups is 3. The molecule has 11 nitrogen and oxygen atoms in total. The van der Waals surface area contributed by atoms with Crippen LogP contribution in [0.5, 0.6) is 5.88 Å². The number of aromatic nitrogens is 1. The highest BCUT2D eigenvalue weighted by Crippen LogP contribution is 2.21. The molecule has 3 rings (SSSR count). The molecule has 0 radical (unpaired) electrons. The van der Waals surface area contributed by atoms with E-state index in [1.165, 1.54) is 11.1 Å². The predicted octanol–water partition coefficient (Wildman–Crippen LogP) is 0.632. The molecule has 2 aliphatic heterocycles. The van der Waals surface area contributed by atoms with Crippen molar-refractivity contribution in [3.05, 3.63) is 23.9 Å². The van der Waals surface area contributed by atoms with Gasteiger partial charge in [-0.2, -0.15) is 0 Å². The molecule has 1 atom stereocenters. The Kier molecular flexibility index (Phi) is 8.23. The largest absolute Gasteiger partial charge is 0.481 e. The van der Waals surface area contributed by atoms with Crippen molar-refractivity contribution in [2.75, 3.05) is 45.9 Å². The molecular formula is C21H30N6O5. The zero-order valence-electron chi connectivity index (χ0n) is 18.2. The summed E-state index contributed by atoms with van der Waals surface area (Å²) in [6.45, 7) is 5.25. The summed E-state index contributed by atoms with van der Waals surface area (Å²) in [7, 11) is 0. The molecule has 2 aliphatic rings. The molecule has 3 N–H and O–H groups in total. The number of guanidine groups is 1. The Labute approximate surface area is 186 Å². The van der Waals surface area contributed by atoms with Gasteiger partial charge in [0.25, 0.3) is 0 Å². The fourth-order valence-corrected chi connectivity index (χ4v) is 3.63. The van der Waals surface area contributed by atoms with Crippen LogP contribution >= 0.6 is 0 Å². The van der Waals surface area contributed by atoms with Crippen molar-refractivity contribution in [1.82, 2.24) is 25.4 Å². The van der Waals surface area contributed by atoms with Crippen LogP contribution in [0.3, 0.4) is 0 Å². The monoisotopic (exact) mass is 446 g/mol. The number of carboxylic acid groups (broad SMARTS) is 1. The van der Waals surface area contributed by atoms with E-state index in [1.54, 1.807) is 17.0 Å². The Balaban J connectivity index is 1.47. The van der Waals surface area contributed by atoms with Crippen molar-refractivity contribution in [3.63, 3.8) is 0 Å². The van der Waals surface area contributed by atoms with Crippen LogP contribution in [0.2, 0.25) is 0 Å². The summed E-state index contributed by atoms with van der Waals surface area (Å²) in [6, 6.07) is 3.08. The Hall–Kier alpha value is -3.37. The topological polar surface area (TPSA) is 136 Å². The summed E-state index contributed by atoms with van der Waals surface area (Å²) in [5.74, 6) is -1.10. The summed E-state index contributed by atoms with van der Waals surface area (Å²) in [5, 5.41) is 15.4. The normalized spacial score (nSPS) is 16.9. The quantitative estimate of drug-likeness (QED) is 0.479. The molecule has 0 spiro atoms. The summed E-state index contributed by atoms with van der Waals surface area (Å²) in [4.78, 5) is 48.1. The van der Waals surface area contributed by atoms with Crippen LogP contribution in [-0.4, -0.2) is 89.6 Å². The van der Waals surface area contributed by atoms with Crippen LogP contribution in [-0.2, 0) is 9.59 Å². The van der Waals surface area contributed by atoms with Gasteiger partial charge < -0.3 is 25.0 Å². The third kappa shape index (κ3) is 6.32. The maximum Gasteiger partial charge on any atom is 0.320 e. The first-order valence-electron chi connectivity index (χ1n) is 10.9. The maximum atomic E-state index is 12.7. The molecule has 1 saturated heterocycles. The first kappa shape index (κ1) is 23.3. The van der Waals surface area contributed by atoms with Gasteiger partial charge in [-0.3, -0.25) is 19.9 Å². The first-order valence-corrected chi connectivity index (χ1v) is 10.9. The third-order valence-electron chi connectivity index (χ3n) is 5.32. The van der Waals surface area contributed by atoms with E-state index in [4.69, 9.17) is 4.74 Å². The fourth-order valence-electron chi connectivity index (χ4n) is 3.63. The van der Waals surface area contributed by atoms with E-state index in [9.17, 15) is 19.5 Å². The van der Waals surface area contributed by atoms with Crippen LogP contribution in [0.25, 0.3) is 0 Å². The number of hydrogen-bond donors (Lipinski definition) is 3. The highest BCUT2D eigenvalue weighted by Gasteiger charge is 2.32. The number of nitrogens with zero attached hydrogens (tertiary/aromatic N) is 4. The van der Waals surface area contributed by atoms with Crippen LogP contribution in [0.4, 0.5) is 4.79 Å². The van der Waals surface area contributed by atoms with Gasteiger partial charge >= 0.3 is 12.0 Å². The zero-order chi connectivity index (χ0) is 22.9. The minimum Gasteiger partial charge on any atom is -0.481 e. The Morgan fingerprint density at radius 2 is 2.12 bits per heavy atom. The van der Waals surface area contributed by atoms with Crippen molar-refractivity contribution in [1.29, 1.82) is 0 Å². The number of urea groups is 1. The van der Waals surface area contributed by atoms with Gasteiger partial charge in [-0.1, -0.05) is 6.07 Å². The Morgan fingerprint density at radius 3 is 2.78 bits per heavy atom. The Bertz CT molecular complexity index is 844. The van der Waals surface area contributed by atoms with E-state index in [0.717, 1.165) is 13.0 Å². The van der Waals surface area contributed by atoms with Gasteiger partial charge in [-0.15, -0.1) is 0 Å². The lowest BCUT2D eigenvalue weighted by molar-refractivity contribution is -0.139. The third-order valence-corrected chi connectivity index (χ3v) is 5.32. The first-order chi connectivity index (χ1) is 15.5. The summed E-state index contributed by atoms with van der Waals surface area (Å²) < 4.78 is 5.29. The molecule has 174 valence electrons. The number of pyridine rings is 1. The van der Waals surface area contributed by atoms with Crippen LogP contribution in [0.15, 0.2) is 23.3 Å². The van der Waals surface area contributed by atoms with Crippen molar-refractivity contribution in [2.24, 2.45) is 4.99 Å². The molecule has 3 heterocycles. The standard InChI is InChI=1S/C21H30N6O5/c1-2-32-18-7-6-15(13-24-18)16(19(29)30)14-27-12-11-26(21(27)31)10-3-5-17(28)25-20-22-8-4-9-23-20/h6-7,13,16H,2-5,8-12,14H2,1H3,(H,29,30)(H2,22,23,25,28)/t16-/m0/s1. The summed E-state index contributed by atoms with van der Waals surface area (Å²) in [5.41, 5.74) is 0.517. The number of hydrogen-bond acceptors (Lipinski definition) is 7. The van der Waals surface area contributed by atoms with E-state index >= 15 is 0 Å². The fraction of sp³-hybridized carbons (Fsp3) is 0.571. The van der Waals surface area contributed by atoms with E-state index in [2.05, 4.69) is 20.6 Å². The maximum absolute atomic E-state index is 12.7.